The molecule has 1 aromatic carbocycles. The number of halogens is 2. The van der Waals surface area contributed by atoms with E-state index in [1.165, 1.54) is 12.1 Å². The molecule has 2 rings (SSSR count). The van der Waals surface area contributed by atoms with Gasteiger partial charge in [0.1, 0.15) is 5.82 Å². The Morgan fingerprint density at radius 2 is 2.17 bits per heavy atom. The molecule has 1 aliphatic heterocycles. The second kappa shape index (κ2) is 7.27. The van der Waals surface area contributed by atoms with E-state index in [9.17, 15) is 12.8 Å². The van der Waals surface area contributed by atoms with E-state index in [1.807, 2.05) is 13.8 Å². The first-order valence-corrected chi connectivity index (χ1v) is 9.96. The van der Waals surface area contributed by atoms with Crippen LogP contribution in [-0.4, -0.2) is 45.5 Å². The molecule has 1 aromatic rings. The van der Waals surface area contributed by atoms with E-state index in [0.29, 0.717) is 23.9 Å². The summed E-state index contributed by atoms with van der Waals surface area (Å²) in [5.41, 5.74) is 0.474. The highest BCUT2D eigenvalue weighted by Crippen LogP contribution is 2.29. The number of guanidine groups is 1. The van der Waals surface area contributed by atoms with Gasteiger partial charge >= 0.3 is 0 Å². The maximum Gasteiger partial charge on any atom is 0.191 e. The molecule has 1 aliphatic rings. The van der Waals surface area contributed by atoms with Crippen LogP contribution in [0.15, 0.2) is 23.2 Å². The molecule has 1 unspecified atom stereocenters. The van der Waals surface area contributed by atoms with E-state index in [-0.39, 0.29) is 28.8 Å². The molecule has 8 heteroatoms. The van der Waals surface area contributed by atoms with Gasteiger partial charge in [-0.1, -0.05) is 31.5 Å². The third-order valence-corrected chi connectivity index (χ3v) is 6.24. The summed E-state index contributed by atoms with van der Waals surface area (Å²) in [6, 6.07) is 4.24. The molecular formula is C16H23ClFN3O2S. The maximum absolute atomic E-state index is 13.2. The van der Waals surface area contributed by atoms with Gasteiger partial charge < -0.3 is 10.6 Å². The smallest absolute Gasteiger partial charge is 0.191 e. The van der Waals surface area contributed by atoms with E-state index in [2.05, 4.69) is 15.6 Å². The lowest BCUT2D eigenvalue weighted by atomic mass is 9.84. The number of sulfone groups is 1. The molecule has 1 heterocycles. The summed E-state index contributed by atoms with van der Waals surface area (Å²) in [6.07, 6.45) is 0.580. The maximum atomic E-state index is 13.2. The summed E-state index contributed by atoms with van der Waals surface area (Å²) < 4.78 is 36.3. The highest BCUT2D eigenvalue weighted by Gasteiger charge is 2.29. The standard InChI is InChI=1S/C16H23ClFN3O2S/c1-16(2,13-5-4-11(18)8-14(13)17)10-20-15(19-3)21-12-6-7-24(22,23)9-12/h4-5,8,12H,6-7,9-10H2,1-3H3,(H2,19,20,21). The Morgan fingerprint density at radius 1 is 1.46 bits per heavy atom. The van der Waals surface area contributed by atoms with E-state index >= 15 is 0 Å². The molecule has 0 amide bonds. The van der Waals surface area contributed by atoms with Crippen LogP contribution in [-0.2, 0) is 15.3 Å². The van der Waals surface area contributed by atoms with Crippen LogP contribution in [0.4, 0.5) is 4.39 Å². The van der Waals surface area contributed by atoms with Gasteiger partial charge in [0, 0.05) is 30.1 Å². The first-order chi connectivity index (χ1) is 11.1. The topological polar surface area (TPSA) is 70.6 Å². The Morgan fingerprint density at radius 3 is 2.71 bits per heavy atom. The fraction of sp³-hybridized carbons (Fsp3) is 0.562. The molecule has 1 saturated heterocycles. The Hall–Kier alpha value is -1.34. The van der Waals surface area contributed by atoms with Crippen molar-refractivity contribution in [2.45, 2.75) is 31.7 Å². The lowest BCUT2D eigenvalue weighted by Crippen LogP contribution is -2.47. The minimum Gasteiger partial charge on any atom is -0.356 e. The van der Waals surface area contributed by atoms with E-state index < -0.39 is 9.84 Å². The molecule has 0 bridgehead atoms. The number of nitrogens with zero attached hydrogens (tertiary/aromatic N) is 1. The number of aliphatic imine (C=N–C) groups is 1. The predicted octanol–water partition coefficient (Wildman–Crippen LogP) is 2.11. The fourth-order valence-electron chi connectivity index (χ4n) is 2.74. The van der Waals surface area contributed by atoms with E-state index in [0.717, 1.165) is 5.56 Å². The van der Waals surface area contributed by atoms with Crippen LogP contribution < -0.4 is 10.6 Å². The Kier molecular flexibility index (Phi) is 5.75. The van der Waals surface area contributed by atoms with Gasteiger partial charge in [0.25, 0.3) is 0 Å². The Bertz CT molecular complexity index is 735. The van der Waals surface area contributed by atoms with Crippen molar-refractivity contribution < 1.29 is 12.8 Å². The van der Waals surface area contributed by atoms with Gasteiger partial charge in [-0.3, -0.25) is 4.99 Å². The van der Waals surface area contributed by atoms with E-state index in [1.54, 1.807) is 13.1 Å². The van der Waals surface area contributed by atoms with Gasteiger partial charge in [0.15, 0.2) is 15.8 Å². The van der Waals surface area contributed by atoms with Crippen LogP contribution in [0.3, 0.4) is 0 Å². The molecule has 1 fully saturated rings. The van der Waals surface area contributed by atoms with Gasteiger partial charge in [-0.2, -0.15) is 0 Å². The zero-order valence-electron chi connectivity index (χ0n) is 14.1. The van der Waals surface area contributed by atoms with Crippen molar-refractivity contribution in [1.82, 2.24) is 10.6 Å². The molecule has 5 nitrogen and oxygen atoms in total. The average Bonchev–Trinajstić information content (AvgIpc) is 2.82. The monoisotopic (exact) mass is 375 g/mol. The van der Waals surface area contributed by atoms with Crippen LogP contribution >= 0.6 is 11.6 Å². The largest absolute Gasteiger partial charge is 0.356 e. The molecule has 0 saturated carbocycles. The summed E-state index contributed by atoms with van der Waals surface area (Å²) in [4.78, 5) is 4.14. The molecule has 2 N–H and O–H groups in total. The van der Waals surface area contributed by atoms with Gasteiger partial charge in [0.2, 0.25) is 0 Å². The zero-order chi connectivity index (χ0) is 18.0. The average molecular weight is 376 g/mol. The molecule has 0 aromatic heterocycles. The number of rotatable bonds is 4. The molecule has 24 heavy (non-hydrogen) atoms. The van der Waals surface area contributed by atoms with Gasteiger partial charge in [-0.15, -0.1) is 0 Å². The second-order valence-electron chi connectivity index (χ2n) is 6.68. The third kappa shape index (κ3) is 4.83. The number of nitrogens with one attached hydrogen (secondary N) is 2. The summed E-state index contributed by atoms with van der Waals surface area (Å²) in [6.45, 7) is 4.50. The molecular weight excluding hydrogens is 353 g/mol. The third-order valence-electron chi connectivity index (χ3n) is 4.15. The number of benzene rings is 1. The molecule has 1 atom stereocenters. The van der Waals surface area contributed by atoms with Crippen LogP contribution in [0.5, 0.6) is 0 Å². The van der Waals surface area contributed by atoms with Crippen LogP contribution in [0, 0.1) is 5.82 Å². The number of hydrogen-bond donors (Lipinski definition) is 2. The highest BCUT2D eigenvalue weighted by atomic mass is 35.5. The minimum absolute atomic E-state index is 0.126. The molecule has 0 aliphatic carbocycles. The summed E-state index contributed by atoms with van der Waals surface area (Å²) >= 11 is 6.15. The molecule has 0 spiro atoms. The molecule has 134 valence electrons. The summed E-state index contributed by atoms with van der Waals surface area (Å²) in [5, 5.41) is 6.71. The summed E-state index contributed by atoms with van der Waals surface area (Å²) in [7, 11) is -1.31. The Balaban J connectivity index is 1.99. The van der Waals surface area contributed by atoms with Crippen LogP contribution in [0.2, 0.25) is 5.02 Å². The first-order valence-electron chi connectivity index (χ1n) is 7.76. The van der Waals surface area contributed by atoms with E-state index in [4.69, 9.17) is 11.6 Å². The SMILES string of the molecule is CN=C(NCC(C)(C)c1ccc(F)cc1Cl)NC1CCS(=O)(=O)C1. The van der Waals surface area contributed by atoms with Gasteiger partial charge in [-0.05, 0) is 24.1 Å². The second-order valence-corrected chi connectivity index (χ2v) is 9.31. The van der Waals surface area contributed by atoms with Crippen LogP contribution in [0.25, 0.3) is 0 Å². The highest BCUT2D eigenvalue weighted by molar-refractivity contribution is 7.91. The van der Waals surface area contributed by atoms with Gasteiger partial charge in [-0.25, -0.2) is 12.8 Å². The normalized spacial score (nSPS) is 20.9. The van der Waals surface area contributed by atoms with Crippen molar-refractivity contribution in [3.63, 3.8) is 0 Å². The molecule has 0 radical (unpaired) electrons. The first kappa shape index (κ1) is 19.0. The van der Waals surface area contributed by atoms with Crippen molar-refractivity contribution >= 4 is 27.4 Å². The van der Waals surface area contributed by atoms with Crippen molar-refractivity contribution in [3.05, 3.63) is 34.6 Å². The number of hydrogen-bond acceptors (Lipinski definition) is 3. The Labute approximate surface area is 147 Å². The van der Waals surface area contributed by atoms with Crippen LogP contribution in [0.1, 0.15) is 25.8 Å². The zero-order valence-corrected chi connectivity index (χ0v) is 15.6. The lowest BCUT2D eigenvalue weighted by molar-refractivity contribution is 0.503. The quantitative estimate of drug-likeness (QED) is 0.624. The van der Waals surface area contributed by atoms with Gasteiger partial charge in [0.05, 0.1) is 11.5 Å². The fourth-order valence-corrected chi connectivity index (χ4v) is 4.83. The predicted molar refractivity (Wildman–Crippen MR) is 96.0 cm³/mol. The van der Waals surface area contributed by atoms with Crippen molar-refractivity contribution in [2.24, 2.45) is 4.99 Å². The van der Waals surface area contributed by atoms with Crippen molar-refractivity contribution in [3.8, 4) is 0 Å². The lowest BCUT2D eigenvalue weighted by Gasteiger charge is -2.28. The summed E-state index contributed by atoms with van der Waals surface area (Å²) in [5.74, 6) is 0.509. The van der Waals surface area contributed by atoms with Crippen molar-refractivity contribution in [1.29, 1.82) is 0 Å². The van der Waals surface area contributed by atoms with Crippen molar-refractivity contribution in [2.75, 3.05) is 25.1 Å². The minimum atomic E-state index is -2.94.